The molecule has 0 spiro atoms. The zero-order chi connectivity index (χ0) is 11.4. The van der Waals surface area contributed by atoms with Crippen LogP contribution in [0.4, 0.5) is 0 Å². The molecule has 0 amide bonds. The van der Waals surface area contributed by atoms with E-state index in [1.54, 1.807) is 0 Å². The SMILES string of the molecule is C.C.C=CCC(C)CC.CCC(C)CC=O. The number of carbonyl (C=O) groups excluding carboxylic acids is 1. The molecule has 0 N–H and O–H groups in total. The summed E-state index contributed by atoms with van der Waals surface area (Å²) in [5, 5.41) is 0. The Morgan fingerprint density at radius 3 is 1.50 bits per heavy atom. The summed E-state index contributed by atoms with van der Waals surface area (Å²) < 4.78 is 0. The minimum atomic E-state index is 0. The molecule has 0 aromatic carbocycles. The second-order valence-electron chi connectivity index (χ2n) is 3.95. The monoisotopic (exact) mass is 230 g/mol. The number of hydrogen-bond acceptors (Lipinski definition) is 1. The Kier molecular flexibility index (Phi) is 30.6. The van der Waals surface area contributed by atoms with Gasteiger partial charge in [-0.25, -0.2) is 0 Å². The van der Waals surface area contributed by atoms with E-state index < -0.39 is 0 Å². The standard InChI is InChI=1S/C7H14.C6H12O.2CH4/c1-4-6-7(3)5-2;1-3-6(2)4-5-7;;/h4,7H,1,5-6H2,2-3H3;5-6H,3-4H2,1-2H3;2*1H4. The summed E-state index contributed by atoms with van der Waals surface area (Å²) in [4.78, 5) is 9.77. The highest BCUT2D eigenvalue weighted by atomic mass is 16.1. The zero-order valence-corrected chi connectivity index (χ0v) is 10.3. The van der Waals surface area contributed by atoms with Crippen molar-refractivity contribution in [2.24, 2.45) is 11.8 Å². The van der Waals surface area contributed by atoms with Crippen molar-refractivity contribution in [2.45, 2.75) is 68.2 Å². The number of allylic oxidation sites excluding steroid dienone is 1. The first-order chi connectivity index (χ1) is 6.62. The Morgan fingerprint density at radius 1 is 1.00 bits per heavy atom. The summed E-state index contributed by atoms with van der Waals surface area (Å²) in [5.74, 6) is 1.41. The van der Waals surface area contributed by atoms with Crippen LogP contribution in [0.1, 0.15) is 68.2 Å². The van der Waals surface area contributed by atoms with Gasteiger partial charge in [0.25, 0.3) is 0 Å². The van der Waals surface area contributed by atoms with E-state index in [2.05, 4.69) is 34.3 Å². The van der Waals surface area contributed by atoms with Gasteiger partial charge >= 0.3 is 0 Å². The Bertz CT molecular complexity index is 113. The fourth-order valence-corrected chi connectivity index (χ4v) is 0.782. The van der Waals surface area contributed by atoms with Crippen molar-refractivity contribution < 1.29 is 4.79 Å². The second kappa shape index (κ2) is 19.9. The first-order valence-electron chi connectivity index (χ1n) is 5.66. The molecule has 0 aromatic rings. The highest BCUT2D eigenvalue weighted by Gasteiger charge is 1.93. The van der Waals surface area contributed by atoms with E-state index in [0.717, 1.165) is 31.5 Å². The number of rotatable bonds is 6. The largest absolute Gasteiger partial charge is 0.303 e. The van der Waals surface area contributed by atoms with Gasteiger partial charge < -0.3 is 4.79 Å². The van der Waals surface area contributed by atoms with Crippen LogP contribution in [0.15, 0.2) is 12.7 Å². The molecule has 1 nitrogen and oxygen atoms in total. The van der Waals surface area contributed by atoms with Crippen molar-refractivity contribution in [3.63, 3.8) is 0 Å². The summed E-state index contributed by atoms with van der Waals surface area (Å²) in [7, 11) is 0. The highest BCUT2D eigenvalue weighted by Crippen LogP contribution is 2.04. The predicted molar refractivity (Wildman–Crippen MR) is 77.9 cm³/mol. The average molecular weight is 230 g/mol. The molecule has 0 bridgehead atoms. The van der Waals surface area contributed by atoms with Gasteiger partial charge in [-0.1, -0.05) is 61.5 Å². The van der Waals surface area contributed by atoms with Crippen LogP contribution in [0.5, 0.6) is 0 Å². The maximum Gasteiger partial charge on any atom is 0.120 e. The number of carbonyl (C=O) groups is 1. The molecule has 1 heteroatoms. The lowest BCUT2D eigenvalue weighted by Crippen LogP contribution is -1.90. The predicted octanol–water partition coefficient (Wildman–Crippen LogP) is 5.50. The van der Waals surface area contributed by atoms with Gasteiger partial charge in [0.1, 0.15) is 6.29 Å². The normalized spacial score (nSPS) is 11.8. The zero-order valence-electron chi connectivity index (χ0n) is 10.3. The van der Waals surface area contributed by atoms with Crippen molar-refractivity contribution >= 4 is 6.29 Å². The average Bonchev–Trinajstić information content (AvgIpc) is 2.19. The quantitative estimate of drug-likeness (QED) is 0.435. The van der Waals surface area contributed by atoms with Crippen molar-refractivity contribution in [3.8, 4) is 0 Å². The summed E-state index contributed by atoms with van der Waals surface area (Å²) in [5.41, 5.74) is 0. The van der Waals surface area contributed by atoms with Gasteiger partial charge in [0.05, 0.1) is 0 Å². The molecule has 0 saturated carbocycles. The fraction of sp³-hybridized carbons (Fsp3) is 0.800. The Labute approximate surface area is 104 Å². The van der Waals surface area contributed by atoms with Crippen LogP contribution in [0.2, 0.25) is 0 Å². The van der Waals surface area contributed by atoms with Gasteiger partial charge in [-0.2, -0.15) is 0 Å². The molecular weight excluding hydrogens is 196 g/mol. The third-order valence-electron chi connectivity index (χ3n) is 2.46. The molecule has 2 unspecified atom stereocenters. The molecule has 0 heterocycles. The molecule has 0 aromatic heterocycles. The third kappa shape index (κ3) is 23.3. The van der Waals surface area contributed by atoms with E-state index in [1.807, 2.05) is 6.08 Å². The van der Waals surface area contributed by atoms with Crippen molar-refractivity contribution in [2.75, 3.05) is 0 Å². The summed E-state index contributed by atoms with van der Waals surface area (Å²) in [6, 6.07) is 0. The lowest BCUT2D eigenvalue weighted by molar-refractivity contribution is -0.108. The van der Waals surface area contributed by atoms with Gasteiger partial charge in [-0.3, -0.25) is 0 Å². The maximum absolute atomic E-state index is 9.77. The first kappa shape index (κ1) is 24.6. The van der Waals surface area contributed by atoms with Crippen molar-refractivity contribution in [1.82, 2.24) is 0 Å². The molecule has 16 heavy (non-hydrogen) atoms. The molecule has 0 rings (SSSR count). The molecule has 2 atom stereocenters. The minimum Gasteiger partial charge on any atom is -0.303 e. The van der Waals surface area contributed by atoms with Gasteiger partial charge in [-0.05, 0) is 18.3 Å². The van der Waals surface area contributed by atoms with Gasteiger partial charge in [-0.15, -0.1) is 6.58 Å². The van der Waals surface area contributed by atoms with Crippen LogP contribution in [0.25, 0.3) is 0 Å². The smallest absolute Gasteiger partial charge is 0.120 e. The van der Waals surface area contributed by atoms with Crippen LogP contribution in [0, 0.1) is 11.8 Å². The molecule has 0 aliphatic carbocycles. The Morgan fingerprint density at radius 2 is 1.38 bits per heavy atom. The maximum atomic E-state index is 9.77. The molecule has 0 aliphatic rings. The van der Waals surface area contributed by atoms with Crippen molar-refractivity contribution in [3.05, 3.63) is 12.7 Å². The number of hydrogen-bond donors (Lipinski definition) is 0. The van der Waals surface area contributed by atoms with Crippen LogP contribution in [-0.4, -0.2) is 6.29 Å². The molecule has 0 aliphatic heterocycles. The molecule has 0 fully saturated rings. The lowest BCUT2D eigenvalue weighted by atomic mass is 10.1. The third-order valence-corrected chi connectivity index (χ3v) is 2.46. The van der Waals surface area contributed by atoms with Crippen LogP contribution in [-0.2, 0) is 4.79 Å². The Hall–Kier alpha value is -0.590. The lowest BCUT2D eigenvalue weighted by Gasteiger charge is -2.00. The van der Waals surface area contributed by atoms with Crippen LogP contribution in [0.3, 0.4) is 0 Å². The molecule has 0 radical (unpaired) electrons. The first-order valence-corrected chi connectivity index (χ1v) is 5.66. The summed E-state index contributed by atoms with van der Waals surface area (Å²) >= 11 is 0. The highest BCUT2D eigenvalue weighted by molar-refractivity contribution is 5.49. The number of aldehydes is 1. The van der Waals surface area contributed by atoms with E-state index in [0.29, 0.717) is 5.92 Å². The van der Waals surface area contributed by atoms with E-state index in [4.69, 9.17) is 0 Å². The van der Waals surface area contributed by atoms with Crippen LogP contribution < -0.4 is 0 Å². The summed E-state index contributed by atoms with van der Waals surface area (Å²) in [6.45, 7) is 12.3. The molecular formula is C15H34O. The van der Waals surface area contributed by atoms with Crippen LogP contribution >= 0.6 is 0 Å². The van der Waals surface area contributed by atoms with E-state index in [-0.39, 0.29) is 14.9 Å². The van der Waals surface area contributed by atoms with E-state index in [1.165, 1.54) is 6.42 Å². The second-order valence-corrected chi connectivity index (χ2v) is 3.95. The van der Waals surface area contributed by atoms with Gasteiger partial charge in [0.15, 0.2) is 0 Å². The van der Waals surface area contributed by atoms with Gasteiger partial charge in [0, 0.05) is 6.42 Å². The summed E-state index contributed by atoms with van der Waals surface area (Å²) in [6.07, 6.45) is 7.22. The van der Waals surface area contributed by atoms with E-state index in [9.17, 15) is 4.79 Å². The minimum absolute atomic E-state index is 0. The topological polar surface area (TPSA) is 17.1 Å². The van der Waals surface area contributed by atoms with Gasteiger partial charge in [0.2, 0.25) is 0 Å². The Balaban J connectivity index is -0.0000000800. The van der Waals surface area contributed by atoms with E-state index >= 15 is 0 Å². The molecule has 100 valence electrons. The van der Waals surface area contributed by atoms with Crippen molar-refractivity contribution in [1.29, 1.82) is 0 Å². The molecule has 0 saturated heterocycles. The fourth-order valence-electron chi connectivity index (χ4n) is 0.782.